The summed E-state index contributed by atoms with van der Waals surface area (Å²) in [6, 6.07) is 13.0. The minimum atomic E-state index is -0.189. The van der Waals surface area contributed by atoms with E-state index in [4.69, 9.17) is 0 Å². The zero-order valence-corrected chi connectivity index (χ0v) is 12.0. The first-order valence-electron chi connectivity index (χ1n) is 5.84. The van der Waals surface area contributed by atoms with Gasteiger partial charge < -0.3 is 5.32 Å². The highest BCUT2D eigenvalue weighted by atomic mass is 79.9. The van der Waals surface area contributed by atoms with E-state index in [1.807, 2.05) is 44.2 Å². The fourth-order valence-corrected chi connectivity index (χ4v) is 2.29. The maximum absolute atomic E-state index is 13.7. The van der Waals surface area contributed by atoms with Crippen molar-refractivity contribution >= 4 is 21.6 Å². The van der Waals surface area contributed by atoms with Gasteiger partial charge in [-0.15, -0.1) is 0 Å². The predicted molar refractivity (Wildman–Crippen MR) is 77.3 cm³/mol. The molecule has 0 saturated heterocycles. The van der Waals surface area contributed by atoms with Crippen molar-refractivity contribution in [3.05, 3.63) is 63.9 Å². The number of halogens is 2. The maximum Gasteiger partial charge on any atom is 0.128 e. The van der Waals surface area contributed by atoms with Gasteiger partial charge in [-0.05, 0) is 49.7 Å². The van der Waals surface area contributed by atoms with Gasteiger partial charge in [0.05, 0.1) is 6.04 Å². The summed E-state index contributed by atoms with van der Waals surface area (Å²) < 4.78 is 14.6. The molecule has 0 aromatic heterocycles. The van der Waals surface area contributed by atoms with Crippen molar-refractivity contribution in [1.82, 2.24) is 0 Å². The topological polar surface area (TPSA) is 12.0 Å². The van der Waals surface area contributed by atoms with E-state index in [0.29, 0.717) is 5.56 Å². The van der Waals surface area contributed by atoms with Gasteiger partial charge >= 0.3 is 0 Å². The highest BCUT2D eigenvalue weighted by Crippen LogP contribution is 2.25. The van der Waals surface area contributed by atoms with Gasteiger partial charge in [-0.3, -0.25) is 0 Å². The van der Waals surface area contributed by atoms with Gasteiger partial charge in [-0.1, -0.05) is 28.1 Å². The molecule has 0 bridgehead atoms. The Labute approximate surface area is 115 Å². The number of hydrogen-bond acceptors (Lipinski definition) is 1. The van der Waals surface area contributed by atoms with E-state index in [9.17, 15) is 4.39 Å². The van der Waals surface area contributed by atoms with Crippen molar-refractivity contribution in [2.45, 2.75) is 19.9 Å². The van der Waals surface area contributed by atoms with Crippen LogP contribution in [0.1, 0.15) is 24.1 Å². The smallest absolute Gasteiger partial charge is 0.128 e. The minimum Gasteiger partial charge on any atom is -0.378 e. The molecule has 0 saturated carbocycles. The molecule has 0 fully saturated rings. The molecule has 18 heavy (non-hydrogen) atoms. The molecule has 0 heterocycles. The fraction of sp³-hybridized carbons (Fsp3) is 0.200. The quantitative estimate of drug-likeness (QED) is 0.834. The van der Waals surface area contributed by atoms with Crippen LogP contribution < -0.4 is 5.32 Å². The van der Waals surface area contributed by atoms with E-state index in [2.05, 4.69) is 21.2 Å². The van der Waals surface area contributed by atoms with Crippen LogP contribution in [0.4, 0.5) is 10.1 Å². The highest BCUT2D eigenvalue weighted by Gasteiger charge is 2.11. The molecule has 0 aliphatic rings. The standard InChI is InChI=1S/C15H15BrFN/c1-10-4-3-5-13(8-10)18-11(2)14-9-12(16)6-7-15(14)17/h3-9,11,18H,1-2H3. The van der Waals surface area contributed by atoms with Crippen LogP contribution >= 0.6 is 15.9 Å². The van der Waals surface area contributed by atoms with E-state index in [1.54, 1.807) is 6.07 Å². The number of benzene rings is 2. The maximum atomic E-state index is 13.7. The summed E-state index contributed by atoms with van der Waals surface area (Å²) in [5, 5.41) is 3.31. The molecule has 0 aliphatic carbocycles. The zero-order chi connectivity index (χ0) is 13.1. The van der Waals surface area contributed by atoms with Gasteiger partial charge in [-0.25, -0.2) is 4.39 Å². The van der Waals surface area contributed by atoms with Gasteiger partial charge in [0.2, 0.25) is 0 Å². The van der Waals surface area contributed by atoms with Crippen molar-refractivity contribution in [3.63, 3.8) is 0 Å². The number of aryl methyl sites for hydroxylation is 1. The number of anilines is 1. The summed E-state index contributed by atoms with van der Waals surface area (Å²) in [4.78, 5) is 0. The second-order valence-electron chi connectivity index (χ2n) is 4.40. The first kappa shape index (κ1) is 13.1. The molecule has 1 unspecified atom stereocenters. The van der Waals surface area contributed by atoms with Crippen LogP contribution in [0.3, 0.4) is 0 Å². The van der Waals surface area contributed by atoms with E-state index >= 15 is 0 Å². The molecule has 1 nitrogen and oxygen atoms in total. The Bertz CT molecular complexity index is 554. The Kier molecular flexibility index (Phi) is 4.02. The van der Waals surface area contributed by atoms with Crippen LogP contribution in [0, 0.1) is 12.7 Å². The van der Waals surface area contributed by atoms with Crippen molar-refractivity contribution in [2.24, 2.45) is 0 Å². The van der Waals surface area contributed by atoms with Crippen LogP contribution in [0.2, 0.25) is 0 Å². The van der Waals surface area contributed by atoms with Gasteiger partial charge in [0.25, 0.3) is 0 Å². The Balaban J connectivity index is 2.21. The lowest BCUT2D eigenvalue weighted by atomic mass is 10.1. The molecule has 2 rings (SSSR count). The van der Waals surface area contributed by atoms with Gasteiger partial charge in [0.1, 0.15) is 5.82 Å². The Hall–Kier alpha value is -1.35. The summed E-state index contributed by atoms with van der Waals surface area (Å²) in [5.74, 6) is -0.189. The first-order valence-corrected chi connectivity index (χ1v) is 6.64. The number of rotatable bonds is 3. The van der Waals surface area contributed by atoms with Crippen LogP contribution in [-0.4, -0.2) is 0 Å². The molecule has 0 aliphatic heterocycles. The SMILES string of the molecule is Cc1cccc(NC(C)c2cc(Br)ccc2F)c1. The largest absolute Gasteiger partial charge is 0.378 e. The lowest BCUT2D eigenvalue weighted by Gasteiger charge is -2.17. The lowest BCUT2D eigenvalue weighted by molar-refractivity contribution is 0.600. The molecule has 0 amide bonds. The molecular formula is C15H15BrFN. The molecule has 1 N–H and O–H groups in total. The summed E-state index contributed by atoms with van der Waals surface area (Å²) in [6.45, 7) is 3.99. The van der Waals surface area contributed by atoms with Crippen molar-refractivity contribution in [3.8, 4) is 0 Å². The Morgan fingerprint density at radius 3 is 2.67 bits per heavy atom. The van der Waals surface area contributed by atoms with Gasteiger partial charge in [-0.2, -0.15) is 0 Å². The van der Waals surface area contributed by atoms with Crippen molar-refractivity contribution in [1.29, 1.82) is 0 Å². The Morgan fingerprint density at radius 2 is 1.94 bits per heavy atom. The molecule has 3 heteroatoms. The third kappa shape index (κ3) is 3.10. The van der Waals surface area contributed by atoms with Crippen molar-refractivity contribution in [2.75, 3.05) is 5.32 Å². The molecular weight excluding hydrogens is 293 g/mol. The van der Waals surface area contributed by atoms with E-state index < -0.39 is 0 Å². The summed E-state index contributed by atoms with van der Waals surface area (Å²) in [7, 11) is 0. The average Bonchev–Trinajstić information content (AvgIpc) is 2.32. The fourth-order valence-electron chi connectivity index (χ4n) is 1.91. The van der Waals surface area contributed by atoms with E-state index in [-0.39, 0.29) is 11.9 Å². The second kappa shape index (κ2) is 5.53. The monoisotopic (exact) mass is 307 g/mol. The number of hydrogen-bond donors (Lipinski definition) is 1. The predicted octanol–water partition coefficient (Wildman–Crippen LogP) is 5.07. The summed E-state index contributed by atoms with van der Waals surface area (Å²) in [6.07, 6.45) is 0. The molecule has 0 radical (unpaired) electrons. The van der Waals surface area contributed by atoms with Crippen LogP contribution in [0.5, 0.6) is 0 Å². The molecule has 2 aromatic carbocycles. The number of nitrogens with one attached hydrogen (secondary N) is 1. The third-order valence-electron chi connectivity index (χ3n) is 2.83. The van der Waals surface area contributed by atoms with E-state index in [0.717, 1.165) is 10.2 Å². The summed E-state index contributed by atoms with van der Waals surface area (Å²) in [5.41, 5.74) is 2.84. The lowest BCUT2D eigenvalue weighted by Crippen LogP contribution is -2.08. The minimum absolute atomic E-state index is 0.0794. The van der Waals surface area contributed by atoms with Crippen LogP contribution in [-0.2, 0) is 0 Å². The second-order valence-corrected chi connectivity index (χ2v) is 5.32. The molecule has 0 spiro atoms. The van der Waals surface area contributed by atoms with E-state index in [1.165, 1.54) is 11.6 Å². The highest BCUT2D eigenvalue weighted by molar-refractivity contribution is 9.10. The summed E-state index contributed by atoms with van der Waals surface area (Å²) >= 11 is 3.37. The molecule has 94 valence electrons. The normalized spacial score (nSPS) is 12.2. The Morgan fingerprint density at radius 1 is 1.17 bits per heavy atom. The van der Waals surface area contributed by atoms with Gasteiger partial charge in [0.15, 0.2) is 0 Å². The van der Waals surface area contributed by atoms with Crippen molar-refractivity contribution < 1.29 is 4.39 Å². The van der Waals surface area contributed by atoms with Crippen LogP contribution in [0.15, 0.2) is 46.9 Å². The zero-order valence-electron chi connectivity index (χ0n) is 10.4. The molecule has 1 atom stereocenters. The average molecular weight is 308 g/mol. The third-order valence-corrected chi connectivity index (χ3v) is 3.32. The van der Waals surface area contributed by atoms with Crippen LogP contribution in [0.25, 0.3) is 0 Å². The molecule has 2 aromatic rings. The van der Waals surface area contributed by atoms with Gasteiger partial charge in [0, 0.05) is 15.7 Å². The first-order chi connectivity index (χ1) is 8.56.